The van der Waals surface area contributed by atoms with Gasteiger partial charge in [0.1, 0.15) is 0 Å². The topological polar surface area (TPSA) is 97.0 Å². The number of hydrazone groups is 1. The number of nitro benzene ring substituents is 1. The normalized spacial score (nSPS) is 14.5. The summed E-state index contributed by atoms with van der Waals surface area (Å²) in [5, 5.41) is 15.0. The fourth-order valence-corrected chi connectivity index (χ4v) is 2.64. The van der Waals surface area contributed by atoms with Gasteiger partial charge in [0.2, 0.25) is 5.78 Å². The Morgan fingerprint density at radius 2 is 1.81 bits per heavy atom. The molecule has 0 bridgehead atoms. The molecule has 0 fully saturated rings. The molecule has 1 aliphatic heterocycles. The summed E-state index contributed by atoms with van der Waals surface area (Å²) in [6, 6.07) is 14.8. The zero-order chi connectivity index (χ0) is 18.4. The molecule has 7 heteroatoms. The number of hydrogen-bond donors (Lipinski definition) is 1. The highest BCUT2D eigenvalue weighted by molar-refractivity contribution is 6.70. The zero-order valence-corrected chi connectivity index (χ0v) is 14.1. The van der Waals surface area contributed by atoms with Crippen LogP contribution in [0.3, 0.4) is 0 Å². The van der Waals surface area contributed by atoms with Crippen LogP contribution in [0.15, 0.2) is 64.7 Å². The fourth-order valence-electron chi connectivity index (χ4n) is 2.64. The SMILES string of the molecule is O=C(/C(=N/Nc1ccc([N+](=O)[O-])cc1)C1=NCCCC1)c1ccccc1. The van der Waals surface area contributed by atoms with Gasteiger partial charge in [0.25, 0.3) is 5.69 Å². The number of rotatable bonds is 6. The van der Waals surface area contributed by atoms with E-state index in [1.165, 1.54) is 12.1 Å². The van der Waals surface area contributed by atoms with Crippen molar-refractivity contribution in [2.45, 2.75) is 19.3 Å². The number of benzene rings is 2. The van der Waals surface area contributed by atoms with Crippen molar-refractivity contribution in [3.05, 3.63) is 70.3 Å². The number of carbonyl (C=O) groups excluding carboxylic acids is 1. The Morgan fingerprint density at radius 3 is 2.42 bits per heavy atom. The van der Waals surface area contributed by atoms with Gasteiger partial charge in [-0.3, -0.25) is 25.3 Å². The first-order valence-corrected chi connectivity index (χ1v) is 8.37. The lowest BCUT2D eigenvalue weighted by molar-refractivity contribution is -0.384. The fraction of sp³-hybridized carbons (Fsp3) is 0.211. The second-order valence-corrected chi connectivity index (χ2v) is 5.86. The van der Waals surface area contributed by atoms with Crippen LogP contribution in [0.4, 0.5) is 11.4 Å². The monoisotopic (exact) mass is 350 g/mol. The van der Waals surface area contributed by atoms with Gasteiger partial charge in [-0.1, -0.05) is 30.3 Å². The van der Waals surface area contributed by atoms with E-state index in [-0.39, 0.29) is 17.2 Å². The summed E-state index contributed by atoms with van der Waals surface area (Å²) in [7, 11) is 0. The molecule has 0 atom stereocenters. The van der Waals surface area contributed by atoms with Crippen molar-refractivity contribution in [1.29, 1.82) is 0 Å². The molecule has 0 radical (unpaired) electrons. The Labute approximate surface area is 150 Å². The van der Waals surface area contributed by atoms with Gasteiger partial charge in [0.15, 0.2) is 5.71 Å². The number of nitrogens with zero attached hydrogens (tertiary/aromatic N) is 3. The van der Waals surface area contributed by atoms with E-state index in [4.69, 9.17) is 0 Å². The van der Waals surface area contributed by atoms with Gasteiger partial charge in [0.05, 0.1) is 16.3 Å². The molecule has 0 saturated heterocycles. The van der Waals surface area contributed by atoms with E-state index in [0.29, 0.717) is 29.9 Å². The van der Waals surface area contributed by atoms with Crippen LogP contribution in [-0.4, -0.2) is 28.7 Å². The molecular weight excluding hydrogens is 332 g/mol. The van der Waals surface area contributed by atoms with E-state index in [0.717, 1.165) is 12.8 Å². The van der Waals surface area contributed by atoms with Crippen LogP contribution in [0.1, 0.15) is 29.6 Å². The zero-order valence-electron chi connectivity index (χ0n) is 14.1. The summed E-state index contributed by atoms with van der Waals surface area (Å²) >= 11 is 0. The van der Waals surface area contributed by atoms with Crippen LogP contribution >= 0.6 is 0 Å². The molecule has 7 nitrogen and oxygen atoms in total. The van der Waals surface area contributed by atoms with Gasteiger partial charge < -0.3 is 0 Å². The summed E-state index contributed by atoms with van der Waals surface area (Å²) in [6.07, 6.45) is 2.68. The standard InChI is InChI=1S/C19H18N4O3/c24-19(14-6-2-1-3-7-14)18(17-8-4-5-13-20-17)22-21-15-9-11-16(12-10-15)23(25)26/h1-3,6-7,9-12,21H,4-5,8,13H2/b22-18+. The maximum Gasteiger partial charge on any atom is 0.269 e. The highest BCUT2D eigenvalue weighted by Crippen LogP contribution is 2.16. The van der Waals surface area contributed by atoms with Crippen LogP contribution < -0.4 is 5.43 Å². The van der Waals surface area contributed by atoms with E-state index in [2.05, 4.69) is 15.5 Å². The van der Waals surface area contributed by atoms with Crippen LogP contribution in [-0.2, 0) is 0 Å². The van der Waals surface area contributed by atoms with Gasteiger partial charge in [-0.2, -0.15) is 5.10 Å². The van der Waals surface area contributed by atoms with Crippen LogP contribution in [0.2, 0.25) is 0 Å². The van der Waals surface area contributed by atoms with E-state index in [1.54, 1.807) is 36.4 Å². The van der Waals surface area contributed by atoms with Crippen molar-refractivity contribution in [3.8, 4) is 0 Å². The number of aliphatic imine (C=N–C) groups is 1. The molecular formula is C19H18N4O3. The number of ketones is 1. The summed E-state index contributed by atoms with van der Waals surface area (Å²) in [5.74, 6) is -0.194. The summed E-state index contributed by atoms with van der Waals surface area (Å²) in [5.41, 5.74) is 4.91. The number of anilines is 1. The average molecular weight is 350 g/mol. The number of nitro groups is 1. The number of carbonyl (C=O) groups is 1. The van der Waals surface area contributed by atoms with E-state index in [9.17, 15) is 14.9 Å². The highest BCUT2D eigenvalue weighted by Gasteiger charge is 2.21. The average Bonchev–Trinajstić information content (AvgIpc) is 2.70. The van der Waals surface area contributed by atoms with Crippen molar-refractivity contribution < 1.29 is 9.72 Å². The lowest BCUT2D eigenvalue weighted by Crippen LogP contribution is -2.27. The molecule has 0 spiro atoms. The van der Waals surface area contributed by atoms with Gasteiger partial charge in [-0.15, -0.1) is 0 Å². The molecule has 0 unspecified atom stereocenters. The lowest BCUT2D eigenvalue weighted by Gasteiger charge is -2.14. The van der Waals surface area contributed by atoms with Crippen LogP contribution in [0, 0.1) is 10.1 Å². The van der Waals surface area contributed by atoms with E-state index >= 15 is 0 Å². The van der Waals surface area contributed by atoms with Gasteiger partial charge >= 0.3 is 0 Å². The Bertz CT molecular complexity index is 858. The number of Topliss-reactive ketones (excluding diaryl/α,β-unsaturated/α-hetero) is 1. The van der Waals surface area contributed by atoms with Crippen molar-refractivity contribution in [2.75, 3.05) is 12.0 Å². The Kier molecular flexibility index (Phi) is 5.48. The Hall–Kier alpha value is -3.35. The molecule has 0 saturated carbocycles. The minimum Gasteiger partial charge on any atom is -0.287 e. The highest BCUT2D eigenvalue weighted by atomic mass is 16.6. The molecule has 132 valence electrons. The largest absolute Gasteiger partial charge is 0.287 e. The number of nitrogens with one attached hydrogen (secondary N) is 1. The smallest absolute Gasteiger partial charge is 0.269 e. The number of hydrogen-bond acceptors (Lipinski definition) is 6. The van der Waals surface area contributed by atoms with Crippen LogP contribution in [0.25, 0.3) is 0 Å². The molecule has 2 aromatic carbocycles. The first-order valence-electron chi connectivity index (χ1n) is 8.37. The second-order valence-electron chi connectivity index (χ2n) is 5.86. The van der Waals surface area contributed by atoms with Gasteiger partial charge in [0, 0.05) is 24.2 Å². The lowest BCUT2D eigenvalue weighted by atomic mass is 9.98. The van der Waals surface area contributed by atoms with Crippen molar-refractivity contribution in [3.63, 3.8) is 0 Å². The first-order chi connectivity index (χ1) is 12.6. The molecule has 3 rings (SSSR count). The van der Waals surface area contributed by atoms with E-state index < -0.39 is 4.92 Å². The molecule has 1 N–H and O–H groups in total. The second kappa shape index (κ2) is 8.15. The molecule has 0 aliphatic carbocycles. The van der Waals surface area contributed by atoms with Crippen LogP contribution in [0.5, 0.6) is 0 Å². The summed E-state index contributed by atoms with van der Waals surface area (Å²) in [4.78, 5) is 27.6. The predicted molar refractivity (Wildman–Crippen MR) is 101 cm³/mol. The van der Waals surface area contributed by atoms with Gasteiger partial charge in [-0.25, -0.2) is 0 Å². The molecule has 26 heavy (non-hydrogen) atoms. The van der Waals surface area contributed by atoms with Crippen molar-refractivity contribution >= 4 is 28.6 Å². The molecule has 1 aliphatic rings. The minimum atomic E-state index is -0.464. The third-order valence-corrected chi connectivity index (χ3v) is 4.02. The van der Waals surface area contributed by atoms with E-state index in [1.807, 2.05) is 6.07 Å². The van der Waals surface area contributed by atoms with Crippen molar-refractivity contribution in [1.82, 2.24) is 0 Å². The van der Waals surface area contributed by atoms with Gasteiger partial charge in [-0.05, 0) is 31.4 Å². The predicted octanol–water partition coefficient (Wildman–Crippen LogP) is 3.87. The first kappa shape index (κ1) is 17.5. The third kappa shape index (κ3) is 4.18. The Balaban J connectivity index is 1.87. The molecule has 2 aromatic rings. The Morgan fingerprint density at radius 1 is 1.08 bits per heavy atom. The quantitative estimate of drug-likeness (QED) is 0.370. The molecule has 0 aromatic heterocycles. The third-order valence-electron chi connectivity index (χ3n) is 4.02. The summed E-state index contributed by atoms with van der Waals surface area (Å²) in [6.45, 7) is 0.688. The molecule has 0 amide bonds. The molecule has 1 heterocycles. The maximum atomic E-state index is 12.9. The number of non-ortho nitro benzene ring substituents is 1. The van der Waals surface area contributed by atoms with Crippen molar-refractivity contribution in [2.24, 2.45) is 10.1 Å². The maximum absolute atomic E-state index is 12.9. The summed E-state index contributed by atoms with van der Waals surface area (Å²) < 4.78 is 0. The minimum absolute atomic E-state index is 0.00299.